The first-order chi connectivity index (χ1) is 26.7. The number of nitrogens with one attached hydrogen (secondary N) is 3. The predicted molar refractivity (Wildman–Crippen MR) is 208 cm³/mol. The van der Waals surface area contributed by atoms with Crippen molar-refractivity contribution in [3.63, 3.8) is 0 Å². The summed E-state index contributed by atoms with van der Waals surface area (Å²) in [4.78, 5) is 48.3. The zero-order valence-corrected chi connectivity index (χ0v) is 31.6. The molecule has 14 N–H and O–H groups in total. The van der Waals surface area contributed by atoms with E-state index < -0.39 is 54.8 Å². The van der Waals surface area contributed by atoms with E-state index in [0.29, 0.717) is 32.4 Å². The summed E-state index contributed by atoms with van der Waals surface area (Å²) in [7, 11) is 0. The zero-order valence-electron chi connectivity index (χ0n) is 30.8. The van der Waals surface area contributed by atoms with E-state index in [2.05, 4.69) is 43.0 Å². The lowest BCUT2D eigenvalue weighted by Crippen LogP contribution is -2.49. The van der Waals surface area contributed by atoms with Gasteiger partial charge in [0.15, 0.2) is 28.4 Å². The second-order valence-electron chi connectivity index (χ2n) is 13.1. The van der Waals surface area contributed by atoms with Crippen LogP contribution in [-0.4, -0.2) is 116 Å². The third-order valence-corrected chi connectivity index (χ3v) is 9.07. The van der Waals surface area contributed by atoms with Crippen LogP contribution in [-0.2, 0) is 22.4 Å². The van der Waals surface area contributed by atoms with Crippen LogP contribution in [0.5, 0.6) is 0 Å². The number of unbranched alkanes of at least 4 members (excludes halogenated alkanes) is 2. The molecule has 306 valence electrons. The third kappa shape index (κ3) is 14.9. The summed E-state index contributed by atoms with van der Waals surface area (Å²) in [6.07, 6.45) is -2.45. The van der Waals surface area contributed by atoms with Crippen LogP contribution in [0.1, 0.15) is 60.1 Å². The molecule has 0 radical (unpaired) electrons. The molecular formula is C37H51ClN9O9-. The van der Waals surface area contributed by atoms with Crippen molar-refractivity contribution in [1.29, 1.82) is 0 Å². The summed E-state index contributed by atoms with van der Waals surface area (Å²) < 4.78 is 0. The van der Waals surface area contributed by atoms with Gasteiger partial charge in [0.2, 0.25) is 5.91 Å². The second-order valence-corrected chi connectivity index (χ2v) is 13.5. The lowest BCUT2D eigenvalue weighted by molar-refractivity contribution is -0.308. The van der Waals surface area contributed by atoms with Crippen LogP contribution >= 0.6 is 11.6 Å². The maximum absolute atomic E-state index is 12.5. The van der Waals surface area contributed by atoms with E-state index in [1.807, 2.05) is 36.4 Å². The number of carbonyl (C=O) groups excluding carboxylic acids is 3. The van der Waals surface area contributed by atoms with E-state index in [0.717, 1.165) is 41.5 Å². The number of carboxylic acid groups (broad SMARTS) is 1. The maximum atomic E-state index is 12.5. The zero-order chi connectivity index (χ0) is 41.2. The number of carboxylic acids is 1. The van der Waals surface area contributed by atoms with Crippen LogP contribution in [0.4, 0.5) is 11.6 Å². The second kappa shape index (κ2) is 23.2. The number of aliphatic carboxylic acids is 1. The van der Waals surface area contributed by atoms with Crippen molar-refractivity contribution in [1.82, 2.24) is 25.9 Å². The monoisotopic (exact) mass is 800 g/mol. The van der Waals surface area contributed by atoms with Crippen LogP contribution in [0, 0.1) is 0 Å². The van der Waals surface area contributed by atoms with Crippen LogP contribution in [0.15, 0.2) is 53.5 Å². The average molecular weight is 801 g/mol. The van der Waals surface area contributed by atoms with Crippen molar-refractivity contribution >= 4 is 47.0 Å². The van der Waals surface area contributed by atoms with Crippen molar-refractivity contribution in [3.8, 4) is 11.1 Å². The number of halogens is 1. The van der Waals surface area contributed by atoms with E-state index in [-0.39, 0.29) is 47.8 Å². The highest BCUT2D eigenvalue weighted by Gasteiger charge is 2.29. The lowest BCUT2D eigenvalue weighted by atomic mass is 9.99. The molecule has 19 heteroatoms. The molecule has 0 bridgehead atoms. The van der Waals surface area contributed by atoms with Gasteiger partial charge in [-0.15, -0.1) is 0 Å². The van der Waals surface area contributed by atoms with Crippen molar-refractivity contribution in [2.75, 3.05) is 37.7 Å². The normalized spacial score (nSPS) is 14.4. The molecule has 1 heterocycles. The third-order valence-electron chi connectivity index (χ3n) is 8.79. The average Bonchev–Trinajstić information content (AvgIpc) is 3.18. The Balaban J connectivity index is 1.33. The highest BCUT2D eigenvalue weighted by Crippen LogP contribution is 2.22. The summed E-state index contributed by atoms with van der Waals surface area (Å²) in [5.41, 5.74) is 20.9. The number of nitrogens with two attached hydrogens (primary N) is 3. The van der Waals surface area contributed by atoms with E-state index in [9.17, 15) is 39.9 Å². The Labute approximate surface area is 329 Å². The molecule has 0 spiro atoms. The number of anilines is 2. The van der Waals surface area contributed by atoms with Gasteiger partial charge in [0, 0.05) is 19.5 Å². The molecular weight excluding hydrogens is 750 g/mol. The highest BCUT2D eigenvalue weighted by atomic mass is 35.5. The maximum Gasteiger partial charge on any atom is 0.280 e. The molecule has 2 amide bonds. The highest BCUT2D eigenvalue weighted by molar-refractivity contribution is 6.31. The minimum absolute atomic E-state index is 0.0848. The number of nitrogen functional groups attached to an aromatic ring is 2. The van der Waals surface area contributed by atoms with Crippen molar-refractivity contribution in [2.45, 2.75) is 81.8 Å². The van der Waals surface area contributed by atoms with E-state index in [1.165, 1.54) is 0 Å². The largest absolute Gasteiger partial charge is 0.548 e. The van der Waals surface area contributed by atoms with Gasteiger partial charge in [-0.3, -0.25) is 19.9 Å². The SMILES string of the molecule is NC(=NCCCCc1ccc(-c2ccc(CCC(=O)N[C@H](CCCCNC[C@H](O)[C@@H](O)[C@H](O)[C@H](O)CO)C(=O)[O-])cc2)cc1)NC(=O)c1nc(Cl)c(N)nc1N. The molecule has 0 unspecified atom stereocenters. The number of nitrogens with zero attached hydrogens (tertiary/aromatic N) is 3. The van der Waals surface area contributed by atoms with Crippen molar-refractivity contribution in [2.24, 2.45) is 10.7 Å². The van der Waals surface area contributed by atoms with Gasteiger partial charge in [-0.1, -0.05) is 60.1 Å². The summed E-state index contributed by atoms with van der Waals surface area (Å²) in [5.74, 6) is -2.86. The molecule has 1 aromatic heterocycles. The van der Waals surface area contributed by atoms with Crippen LogP contribution < -0.4 is 38.3 Å². The van der Waals surface area contributed by atoms with Crippen LogP contribution in [0.25, 0.3) is 11.1 Å². The van der Waals surface area contributed by atoms with Gasteiger partial charge in [-0.05, 0) is 73.7 Å². The number of amides is 2. The molecule has 3 rings (SSSR count). The number of guanidine groups is 1. The molecule has 3 aromatic rings. The van der Waals surface area contributed by atoms with Crippen molar-refractivity contribution in [3.05, 3.63) is 70.5 Å². The van der Waals surface area contributed by atoms with Gasteiger partial charge in [-0.2, -0.15) is 0 Å². The molecule has 18 nitrogen and oxygen atoms in total. The predicted octanol–water partition coefficient (Wildman–Crippen LogP) is -1.61. The molecule has 0 aliphatic carbocycles. The molecule has 56 heavy (non-hydrogen) atoms. The summed E-state index contributed by atoms with van der Waals surface area (Å²) in [5, 5.41) is 66.9. The smallest absolute Gasteiger partial charge is 0.280 e. The fourth-order valence-corrected chi connectivity index (χ4v) is 5.62. The first kappa shape index (κ1) is 45.4. The Morgan fingerprint density at radius 1 is 0.821 bits per heavy atom. The van der Waals surface area contributed by atoms with Gasteiger partial charge in [-0.25, -0.2) is 9.97 Å². The lowest BCUT2D eigenvalue weighted by Gasteiger charge is -2.25. The Morgan fingerprint density at radius 3 is 2.04 bits per heavy atom. The topological polar surface area (TPSA) is 328 Å². The van der Waals surface area contributed by atoms with E-state index in [1.54, 1.807) is 0 Å². The number of aliphatic imine (C=N–C) groups is 1. The first-order valence-electron chi connectivity index (χ1n) is 18.1. The number of aryl methyl sites for hydroxylation is 2. The standard InChI is InChI=1S/C37H52ClN9O9/c38-32-34(40)46-33(39)29(45-32)35(54)47-37(41)43-18-4-1-5-21-7-12-23(13-8-21)24-14-9-22(10-15-24)11-16-28(51)44-25(36(55)56)6-2-3-17-42-19-26(49)30(52)31(53)27(50)20-48/h7-10,12-15,25-27,30-31,42,48-50,52-53H,1-6,11,16-20H2,(H,44,51)(H,55,56)(H4,39,40,46)(H3,41,43,47,54)/p-1/t25-,26+,27-,30-,31-/m1/s1. The number of aromatic nitrogens is 2. The quantitative estimate of drug-likeness (QED) is 0.0292. The number of benzene rings is 2. The summed E-state index contributed by atoms with van der Waals surface area (Å²) >= 11 is 5.82. The van der Waals surface area contributed by atoms with Gasteiger partial charge < -0.3 is 63.3 Å². The number of aliphatic hydroxyl groups excluding tert-OH is 5. The van der Waals surface area contributed by atoms with Crippen molar-refractivity contribution < 1.29 is 45.0 Å². The van der Waals surface area contributed by atoms with Gasteiger partial charge in [0.1, 0.15) is 18.3 Å². The molecule has 5 atom stereocenters. The van der Waals surface area contributed by atoms with Gasteiger partial charge in [0.25, 0.3) is 5.91 Å². The molecule has 0 fully saturated rings. The number of hydrogen-bond donors (Lipinski definition) is 11. The Morgan fingerprint density at radius 2 is 1.43 bits per heavy atom. The van der Waals surface area contributed by atoms with Crippen LogP contribution in [0.2, 0.25) is 5.15 Å². The fourth-order valence-electron chi connectivity index (χ4n) is 5.50. The summed E-state index contributed by atoms with van der Waals surface area (Å²) in [6.45, 7) is -0.128. The van der Waals surface area contributed by atoms with E-state index >= 15 is 0 Å². The minimum Gasteiger partial charge on any atom is -0.548 e. The fraction of sp³-hybridized carbons (Fsp3) is 0.459. The molecule has 2 aromatic carbocycles. The Kier molecular flexibility index (Phi) is 18.8. The molecule has 0 saturated carbocycles. The first-order valence-corrected chi connectivity index (χ1v) is 18.5. The Hall–Kier alpha value is -4.95. The summed E-state index contributed by atoms with van der Waals surface area (Å²) in [6, 6.07) is 14.8. The minimum atomic E-state index is -1.72. The molecule has 0 aliphatic heterocycles. The van der Waals surface area contributed by atoms with Crippen LogP contribution in [0.3, 0.4) is 0 Å². The van der Waals surface area contributed by atoms with Gasteiger partial charge in [0.05, 0.1) is 24.7 Å². The number of aliphatic hydroxyl groups is 5. The van der Waals surface area contributed by atoms with Gasteiger partial charge >= 0.3 is 0 Å². The van der Waals surface area contributed by atoms with E-state index in [4.69, 9.17) is 33.9 Å². The number of hydrogen-bond acceptors (Lipinski definition) is 15. The Bertz CT molecular complexity index is 1750. The molecule has 0 saturated heterocycles. The molecule has 0 aliphatic rings. The number of rotatable bonds is 23. The number of carbonyl (C=O) groups is 3.